The van der Waals surface area contributed by atoms with Crippen molar-refractivity contribution in [3.63, 3.8) is 0 Å². The van der Waals surface area contributed by atoms with Gasteiger partial charge in [0.15, 0.2) is 0 Å². The molecule has 1 fully saturated rings. The van der Waals surface area contributed by atoms with E-state index >= 15 is 0 Å². The smallest absolute Gasteiger partial charge is 0.128 e. The summed E-state index contributed by atoms with van der Waals surface area (Å²) in [7, 11) is 7.53. The molecular weight excluding hydrogens is 374 g/mol. The molecule has 0 unspecified atom stereocenters. The molecule has 0 aromatic heterocycles. The zero-order valence-electron chi connectivity index (χ0n) is 18.1. The molecule has 0 spiro atoms. The standard InChI is InChI=1S/C25H29N3O2/c1-26(2)20-7-5-19(6-8-20)25-27(21-9-13-23(29-3)14-10-21)17-18-28(25)22-11-15-24(30-4)16-12-22/h5-16,25H,17-18H2,1-4H3. The van der Waals surface area contributed by atoms with Gasteiger partial charge in [-0.05, 0) is 66.2 Å². The molecule has 3 aromatic rings. The van der Waals surface area contributed by atoms with Gasteiger partial charge in [0, 0.05) is 44.2 Å². The molecule has 0 aliphatic carbocycles. The predicted molar refractivity (Wildman–Crippen MR) is 124 cm³/mol. The molecule has 5 nitrogen and oxygen atoms in total. The minimum atomic E-state index is 0.114. The van der Waals surface area contributed by atoms with E-state index in [4.69, 9.17) is 9.47 Å². The van der Waals surface area contributed by atoms with Crippen molar-refractivity contribution in [1.82, 2.24) is 0 Å². The van der Waals surface area contributed by atoms with Gasteiger partial charge in [0.25, 0.3) is 0 Å². The third kappa shape index (κ3) is 3.88. The van der Waals surface area contributed by atoms with E-state index in [2.05, 4.69) is 77.3 Å². The molecule has 1 aliphatic heterocycles. The maximum atomic E-state index is 5.35. The summed E-state index contributed by atoms with van der Waals surface area (Å²) in [4.78, 5) is 7.03. The number of hydrogen-bond donors (Lipinski definition) is 0. The quantitative estimate of drug-likeness (QED) is 0.590. The Morgan fingerprint density at radius 2 is 1.10 bits per heavy atom. The van der Waals surface area contributed by atoms with Crippen molar-refractivity contribution in [2.24, 2.45) is 0 Å². The highest BCUT2D eigenvalue weighted by Crippen LogP contribution is 2.39. The molecule has 1 aliphatic rings. The predicted octanol–water partition coefficient (Wildman–Crippen LogP) is 4.80. The van der Waals surface area contributed by atoms with Crippen LogP contribution in [0.2, 0.25) is 0 Å². The fraction of sp³-hybridized carbons (Fsp3) is 0.280. The lowest BCUT2D eigenvalue weighted by Crippen LogP contribution is -2.31. The summed E-state index contributed by atoms with van der Waals surface area (Å²) in [6, 6.07) is 25.5. The van der Waals surface area contributed by atoms with Gasteiger partial charge in [-0.3, -0.25) is 0 Å². The van der Waals surface area contributed by atoms with Crippen molar-refractivity contribution < 1.29 is 9.47 Å². The summed E-state index contributed by atoms with van der Waals surface area (Å²) in [6.07, 6.45) is 0.114. The average molecular weight is 404 g/mol. The van der Waals surface area contributed by atoms with E-state index in [0.717, 1.165) is 24.6 Å². The summed E-state index contributed by atoms with van der Waals surface area (Å²) >= 11 is 0. The lowest BCUT2D eigenvalue weighted by Gasteiger charge is -2.33. The molecule has 1 saturated heterocycles. The van der Waals surface area contributed by atoms with E-state index in [-0.39, 0.29) is 6.17 Å². The number of nitrogens with zero attached hydrogens (tertiary/aromatic N) is 3. The zero-order valence-corrected chi connectivity index (χ0v) is 18.1. The fourth-order valence-electron chi connectivity index (χ4n) is 4.02. The Kier molecular flexibility index (Phi) is 5.70. The SMILES string of the molecule is COc1ccc(N2CCN(c3ccc(OC)cc3)C2c2ccc(N(C)C)cc2)cc1. The van der Waals surface area contributed by atoms with Crippen LogP contribution in [-0.2, 0) is 0 Å². The topological polar surface area (TPSA) is 28.2 Å². The number of ether oxygens (including phenoxy) is 2. The van der Waals surface area contributed by atoms with E-state index < -0.39 is 0 Å². The highest BCUT2D eigenvalue weighted by molar-refractivity contribution is 5.61. The Hall–Kier alpha value is -3.34. The van der Waals surface area contributed by atoms with Gasteiger partial charge in [-0.2, -0.15) is 0 Å². The number of benzene rings is 3. The molecule has 3 aromatic carbocycles. The minimum absolute atomic E-state index is 0.114. The largest absolute Gasteiger partial charge is 0.497 e. The first kappa shape index (κ1) is 20.0. The van der Waals surface area contributed by atoms with Gasteiger partial charge in [0.2, 0.25) is 0 Å². The van der Waals surface area contributed by atoms with Gasteiger partial charge in [-0.1, -0.05) is 12.1 Å². The first-order valence-corrected chi connectivity index (χ1v) is 10.2. The monoisotopic (exact) mass is 403 g/mol. The first-order chi connectivity index (χ1) is 14.6. The second kappa shape index (κ2) is 8.57. The van der Waals surface area contributed by atoms with E-state index in [0.29, 0.717) is 0 Å². The van der Waals surface area contributed by atoms with E-state index in [1.54, 1.807) is 14.2 Å². The molecule has 5 heteroatoms. The normalized spacial score (nSPS) is 14.1. The van der Waals surface area contributed by atoms with Gasteiger partial charge in [0.05, 0.1) is 14.2 Å². The van der Waals surface area contributed by atoms with Crippen molar-refractivity contribution in [3.8, 4) is 11.5 Å². The summed E-state index contributed by atoms with van der Waals surface area (Å²) in [5, 5.41) is 0. The summed E-state index contributed by atoms with van der Waals surface area (Å²) < 4.78 is 10.7. The summed E-state index contributed by atoms with van der Waals surface area (Å²) in [6.45, 7) is 1.89. The maximum Gasteiger partial charge on any atom is 0.128 e. The molecule has 0 atom stereocenters. The van der Waals surface area contributed by atoms with Crippen molar-refractivity contribution >= 4 is 17.1 Å². The average Bonchev–Trinajstić information content (AvgIpc) is 3.24. The van der Waals surface area contributed by atoms with Crippen LogP contribution in [-0.4, -0.2) is 41.4 Å². The zero-order chi connectivity index (χ0) is 21.1. The van der Waals surface area contributed by atoms with Crippen LogP contribution in [0, 0.1) is 0 Å². The molecule has 156 valence electrons. The van der Waals surface area contributed by atoms with Gasteiger partial charge in [-0.15, -0.1) is 0 Å². The van der Waals surface area contributed by atoms with Crippen LogP contribution in [0.5, 0.6) is 11.5 Å². The third-order valence-electron chi connectivity index (χ3n) is 5.69. The first-order valence-electron chi connectivity index (χ1n) is 10.2. The highest BCUT2D eigenvalue weighted by Gasteiger charge is 2.33. The van der Waals surface area contributed by atoms with Crippen molar-refractivity contribution in [2.45, 2.75) is 6.17 Å². The lowest BCUT2D eigenvalue weighted by atomic mass is 10.1. The summed E-state index contributed by atoms with van der Waals surface area (Å²) in [5.74, 6) is 1.74. The van der Waals surface area contributed by atoms with Crippen molar-refractivity contribution in [3.05, 3.63) is 78.4 Å². The number of rotatable bonds is 6. The Labute approximate surface area is 179 Å². The van der Waals surface area contributed by atoms with Crippen LogP contribution >= 0.6 is 0 Å². The van der Waals surface area contributed by atoms with E-state index in [9.17, 15) is 0 Å². The molecule has 30 heavy (non-hydrogen) atoms. The Bertz CT molecular complexity index is 898. The molecule has 0 amide bonds. The Morgan fingerprint density at radius 1 is 0.667 bits per heavy atom. The van der Waals surface area contributed by atoms with Gasteiger partial charge < -0.3 is 24.2 Å². The van der Waals surface area contributed by atoms with Gasteiger partial charge in [-0.25, -0.2) is 0 Å². The van der Waals surface area contributed by atoms with Crippen LogP contribution in [0.3, 0.4) is 0 Å². The minimum Gasteiger partial charge on any atom is -0.497 e. The number of hydrogen-bond acceptors (Lipinski definition) is 5. The number of anilines is 3. The second-order valence-electron chi connectivity index (χ2n) is 7.64. The lowest BCUT2D eigenvalue weighted by molar-refractivity contribution is 0.414. The Balaban J connectivity index is 1.71. The van der Waals surface area contributed by atoms with Crippen molar-refractivity contribution in [2.75, 3.05) is 56.1 Å². The van der Waals surface area contributed by atoms with Gasteiger partial charge >= 0.3 is 0 Å². The molecule has 0 bridgehead atoms. The fourth-order valence-corrected chi connectivity index (χ4v) is 4.02. The van der Waals surface area contributed by atoms with Crippen molar-refractivity contribution in [1.29, 1.82) is 0 Å². The molecule has 1 heterocycles. The summed E-state index contributed by atoms with van der Waals surface area (Å²) in [5.41, 5.74) is 4.84. The van der Waals surface area contributed by atoms with Crippen LogP contribution in [0.4, 0.5) is 17.1 Å². The third-order valence-corrected chi connectivity index (χ3v) is 5.69. The van der Waals surface area contributed by atoms with Crippen LogP contribution in [0.25, 0.3) is 0 Å². The second-order valence-corrected chi connectivity index (χ2v) is 7.64. The Morgan fingerprint density at radius 3 is 1.47 bits per heavy atom. The molecule has 4 rings (SSSR count). The van der Waals surface area contributed by atoms with E-state index in [1.165, 1.54) is 22.6 Å². The molecule has 0 N–H and O–H groups in total. The maximum absolute atomic E-state index is 5.35. The molecule has 0 saturated carbocycles. The highest BCUT2D eigenvalue weighted by atomic mass is 16.5. The van der Waals surface area contributed by atoms with Crippen LogP contribution in [0.1, 0.15) is 11.7 Å². The number of methoxy groups -OCH3 is 2. The van der Waals surface area contributed by atoms with Crippen LogP contribution in [0.15, 0.2) is 72.8 Å². The van der Waals surface area contributed by atoms with Crippen LogP contribution < -0.4 is 24.2 Å². The van der Waals surface area contributed by atoms with E-state index in [1.807, 2.05) is 24.3 Å². The molecular formula is C25H29N3O2. The molecule has 0 radical (unpaired) electrons. The van der Waals surface area contributed by atoms with Gasteiger partial charge in [0.1, 0.15) is 17.7 Å².